The number of hydrogen-bond donors (Lipinski definition) is 1. The molecule has 17 heavy (non-hydrogen) atoms. The minimum atomic E-state index is 0.385. The molecule has 0 bridgehead atoms. The van der Waals surface area contributed by atoms with Crippen molar-refractivity contribution in [3.63, 3.8) is 0 Å². The lowest BCUT2D eigenvalue weighted by molar-refractivity contribution is 0.214. The molecule has 0 atom stereocenters. The summed E-state index contributed by atoms with van der Waals surface area (Å²) in [6, 6.07) is 7.32. The minimum Gasteiger partial charge on any atom is -0.494 e. The Morgan fingerprint density at radius 2 is 1.94 bits per heavy atom. The topological polar surface area (TPSA) is 63.4 Å². The third kappa shape index (κ3) is 3.48. The average molecular weight is 236 g/mol. The maximum absolute atomic E-state index is 8.76. The van der Waals surface area contributed by atoms with Crippen molar-refractivity contribution in [2.24, 2.45) is 10.3 Å². The zero-order chi connectivity index (χ0) is 12.7. The van der Waals surface area contributed by atoms with Crippen molar-refractivity contribution < 1.29 is 14.8 Å². The fraction of sp³-hybridized carbons (Fsp3) is 0.333. The zero-order valence-electron chi connectivity index (χ0n) is 10.2. The van der Waals surface area contributed by atoms with Crippen LogP contribution in [0.2, 0.25) is 0 Å². The Kier molecular flexibility index (Phi) is 5.00. The van der Waals surface area contributed by atoms with Gasteiger partial charge in [0.25, 0.3) is 0 Å². The van der Waals surface area contributed by atoms with E-state index in [1.54, 1.807) is 6.92 Å². The molecule has 92 valence electrons. The van der Waals surface area contributed by atoms with E-state index in [0.29, 0.717) is 18.0 Å². The molecule has 0 aliphatic heterocycles. The van der Waals surface area contributed by atoms with E-state index in [1.165, 1.54) is 7.11 Å². The molecule has 0 saturated carbocycles. The fourth-order valence-corrected chi connectivity index (χ4v) is 1.34. The molecule has 0 heterocycles. The highest BCUT2D eigenvalue weighted by molar-refractivity contribution is 6.47. The summed E-state index contributed by atoms with van der Waals surface area (Å²) in [5.74, 6) is 0.784. The van der Waals surface area contributed by atoms with Gasteiger partial charge in [-0.15, -0.1) is 0 Å². The standard InChI is InChI=1S/C12H16N2O3/c1-4-17-11-7-5-10(6-8-11)12(14-16-3)9(2)13-15/h5-8,15H,4H2,1-3H3/b13-9+,14-12+. The van der Waals surface area contributed by atoms with Crippen molar-refractivity contribution in [3.05, 3.63) is 29.8 Å². The van der Waals surface area contributed by atoms with E-state index < -0.39 is 0 Å². The van der Waals surface area contributed by atoms with Crippen LogP contribution in [0.3, 0.4) is 0 Å². The van der Waals surface area contributed by atoms with Gasteiger partial charge in [-0.1, -0.05) is 10.3 Å². The van der Waals surface area contributed by atoms with Crippen LogP contribution in [0.25, 0.3) is 0 Å². The van der Waals surface area contributed by atoms with E-state index >= 15 is 0 Å². The molecule has 1 aromatic carbocycles. The highest BCUT2D eigenvalue weighted by atomic mass is 16.6. The number of hydrogen-bond acceptors (Lipinski definition) is 5. The van der Waals surface area contributed by atoms with Gasteiger partial charge in [-0.25, -0.2) is 0 Å². The summed E-state index contributed by atoms with van der Waals surface area (Å²) >= 11 is 0. The van der Waals surface area contributed by atoms with Gasteiger partial charge in [0, 0.05) is 5.56 Å². The second-order valence-electron chi connectivity index (χ2n) is 3.27. The van der Waals surface area contributed by atoms with Crippen molar-refractivity contribution in [3.8, 4) is 5.75 Å². The van der Waals surface area contributed by atoms with Crippen LogP contribution in [-0.2, 0) is 4.84 Å². The summed E-state index contributed by atoms with van der Waals surface area (Å²) in [6.07, 6.45) is 0. The number of benzene rings is 1. The Morgan fingerprint density at radius 1 is 1.29 bits per heavy atom. The van der Waals surface area contributed by atoms with Crippen LogP contribution in [0, 0.1) is 0 Å². The summed E-state index contributed by atoms with van der Waals surface area (Å²) in [4.78, 5) is 4.72. The van der Waals surface area contributed by atoms with Gasteiger partial charge in [0.15, 0.2) is 0 Å². The van der Waals surface area contributed by atoms with Gasteiger partial charge >= 0.3 is 0 Å². The van der Waals surface area contributed by atoms with E-state index in [1.807, 2.05) is 31.2 Å². The van der Waals surface area contributed by atoms with Crippen LogP contribution in [0.1, 0.15) is 19.4 Å². The molecule has 0 amide bonds. The molecule has 1 rings (SSSR count). The summed E-state index contributed by atoms with van der Waals surface area (Å²) < 4.78 is 5.34. The van der Waals surface area contributed by atoms with Crippen LogP contribution in [-0.4, -0.2) is 30.3 Å². The third-order valence-electron chi connectivity index (χ3n) is 2.11. The molecular weight excluding hydrogens is 220 g/mol. The molecule has 0 unspecified atom stereocenters. The molecule has 0 radical (unpaired) electrons. The quantitative estimate of drug-likeness (QED) is 0.484. The lowest BCUT2D eigenvalue weighted by Crippen LogP contribution is -2.12. The molecule has 5 heteroatoms. The highest BCUT2D eigenvalue weighted by Gasteiger charge is 2.09. The van der Waals surface area contributed by atoms with Crippen LogP contribution >= 0.6 is 0 Å². The van der Waals surface area contributed by atoms with Crippen molar-refractivity contribution in [1.82, 2.24) is 0 Å². The molecule has 1 aromatic rings. The molecule has 0 fully saturated rings. The summed E-state index contributed by atoms with van der Waals surface area (Å²) in [7, 11) is 1.44. The molecule has 5 nitrogen and oxygen atoms in total. The Bertz CT molecular complexity index is 410. The van der Waals surface area contributed by atoms with E-state index in [9.17, 15) is 0 Å². The predicted octanol–water partition coefficient (Wildman–Crippen LogP) is 2.29. The van der Waals surface area contributed by atoms with Crippen molar-refractivity contribution in [1.29, 1.82) is 0 Å². The zero-order valence-corrected chi connectivity index (χ0v) is 10.2. The van der Waals surface area contributed by atoms with E-state index in [-0.39, 0.29) is 0 Å². The van der Waals surface area contributed by atoms with Crippen molar-refractivity contribution >= 4 is 11.4 Å². The SMILES string of the molecule is CCOc1ccc(C(=N/OC)/C(C)=N/O)cc1. The smallest absolute Gasteiger partial charge is 0.134 e. The van der Waals surface area contributed by atoms with Crippen LogP contribution < -0.4 is 4.74 Å². The van der Waals surface area contributed by atoms with Gasteiger partial charge in [0.1, 0.15) is 24.3 Å². The Balaban J connectivity index is 3.00. The molecule has 1 N–H and O–H groups in total. The van der Waals surface area contributed by atoms with Crippen LogP contribution in [0.5, 0.6) is 5.75 Å². The summed E-state index contributed by atoms with van der Waals surface area (Å²) in [5.41, 5.74) is 1.67. The molecule has 0 aromatic heterocycles. The second-order valence-corrected chi connectivity index (χ2v) is 3.27. The summed E-state index contributed by atoms with van der Waals surface area (Å²) in [6.45, 7) is 4.19. The first-order valence-corrected chi connectivity index (χ1v) is 5.26. The van der Waals surface area contributed by atoms with Crippen molar-refractivity contribution in [2.45, 2.75) is 13.8 Å². The third-order valence-corrected chi connectivity index (χ3v) is 2.11. The normalized spacial score (nSPS) is 12.4. The minimum absolute atomic E-state index is 0.385. The first kappa shape index (κ1) is 13.0. The van der Waals surface area contributed by atoms with E-state index in [4.69, 9.17) is 14.8 Å². The molecular formula is C12H16N2O3. The highest BCUT2D eigenvalue weighted by Crippen LogP contribution is 2.13. The Labute approximate surface area is 100 Å². The lowest BCUT2D eigenvalue weighted by Gasteiger charge is -2.06. The first-order chi connectivity index (χ1) is 8.22. The molecule has 0 saturated heterocycles. The number of rotatable bonds is 5. The monoisotopic (exact) mass is 236 g/mol. The fourth-order valence-electron chi connectivity index (χ4n) is 1.34. The summed E-state index contributed by atoms with van der Waals surface area (Å²) in [5, 5.41) is 15.7. The van der Waals surface area contributed by atoms with Gasteiger partial charge in [0.2, 0.25) is 0 Å². The van der Waals surface area contributed by atoms with Gasteiger partial charge in [-0.2, -0.15) is 0 Å². The Morgan fingerprint density at radius 3 is 2.41 bits per heavy atom. The van der Waals surface area contributed by atoms with Gasteiger partial charge in [-0.05, 0) is 38.1 Å². The van der Waals surface area contributed by atoms with Crippen LogP contribution in [0.4, 0.5) is 0 Å². The van der Waals surface area contributed by atoms with E-state index in [0.717, 1.165) is 11.3 Å². The van der Waals surface area contributed by atoms with Gasteiger partial charge in [-0.3, -0.25) is 0 Å². The largest absolute Gasteiger partial charge is 0.494 e. The van der Waals surface area contributed by atoms with Crippen molar-refractivity contribution in [2.75, 3.05) is 13.7 Å². The maximum Gasteiger partial charge on any atom is 0.134 e. The molecule has 0 aliphatic carbocycles. The number of oxime groups is 2. The number of nitrogens with zero attached hydrogens (tertiary/aromatic N) is 2. The maximum atomic E-state index is 8.76. The second kappa shape index (κ2) is 6.52. The van der Waals surface area contributed by atoms with Gasteiger partial charge < -0.3 is 14.8 Å². The molecule has 0 aliphatic rings. The first-order valence-electron chi connectivity index (χ1n) is 5.26. The Hall–Kier alpha value is -2.04. The lowest BCUT2D eigenvalue weighted by atomic mass is 10.1. The van der Waals surface area contributed by atoms with Gasteiger partial charge in [0.05, 0.1) is 6.61 Å². The average Bonchev–Trinajstić information content (AvgIpc) is 2.37. The molecule has 0 spiro atoms. The van der Waals surface area contributed by atoms with E-state index in [2.05, 4.69) is 10.3 Å². The number of ether oxygens (including phenoxy) is 1. The predicted molar refractivity (Wildman–Crippen MR) is 66.1 cm³/mol. The van der Waals surface area contributed by atoms with Crippen LogP contribution in [0.15, 0.2) is 34.6 Å².